The van der Waals surface area contributed by atoms with E-state index in [0.29, 0.717) is 0 Å². The minimum atomic E-state index is 1.18. The molecule has 0 fully saturated rings. The molecule has 0 spiro atoms. The Hall–Kier alpha value is -0.520. The van der Waals surface area contributed by atoms with Gasteiger partial charge in [0.2, 0.25) is 0 Å². The molecule has 58 valence electrons. The van der Waals surface area contributed by atoms with E-state index in [2.05, 4.69) is 25.7 Å². The molecule has 0 amide bonds. The first-order valence-electron chi connectivity index (χ1n) is 4.14. The molecule has 0 aliphatic carbocycles. The molecular weight excluding hydrogens is 120 g/mol. The van der Waals surface area contributed by atoms with Gasteiger partial charge in [-0.15, -0.1) is 6.58 Å². The van der Waals surface area contributed by atoms with Crippen LogP contribution in [0.25, 0.3) is 0 Å². The highest BCUT2D eigenvalue weighted by atomic mass is 13.9. The molecule has 0 aliphatic heterocycles. The smallest absolute Gasteiger partial charge is 0.0351 e. The van der Waals surface area contributed by atoms with Crippen LogP contribution >= 0.6 is 0 Å². The van der Waals surface area contributed by atoms with Crippen molar-refractivity contribution in [2.24, 2.45) is 0 Å². The Bertz CT molecular complexity index is 90.2. The molecular formula is C10H18. The maximum atomic E-state index is 3.68. The molecule has 0 aliphatic rings. The van der Waals surface area contributed by atoms with E-state index in [9.17, 15) is 0 Å². The minimum Gasteiger partial charge on any atom is -0.103 e. The van der Waals surface area contributed by atoms with Crippen molar-refractivity contribution in [1.82, 2.24) is 0 Å². The van der Waals surface area contributed by atoms with Crippen LogP contribution in [0.15, 0.2) is 24.8 Å². The molecule has 0 nitrogen and oxygen atoms in total. The minimum absolute atomic E-state index is 1.18. The van der Waals surface area contributed by atoms with Crippen LogP contribution in [0.3, 0.4) is 0 Å². The van der Waals surface area contributed by atoms with E-state index in [4.69, 9.17) is 0 Å². The Labute approximate surface area is 64.6 Å². The van der Waals surface area contributed by atoms with Gasteiger partial charge in [-0.2, -0.15) is 0 Å². The van der Waals surface area contributed by atoms with Crippen LogP contribution in [0, 0.1) is 0 Å². The summed E-state index contributed by atoms with van der Waals surface area (Å²) in [5.74, 6) is 0. The lowest BCUT2D eigenvalue weighted by Gasteiger charge is -1.93. The van der Waals surface area contributed by atoms with Crippen LogP contribution in [0.4, 0.5) is 0 Å². The highest BCUT2D eigenvalue weighted by Crippen LogP contribution is 2.03. The SMILES string of the molecule is C=CCCCCCC=CC. The monoisotopic (exact) mass is 138 g/mol. The van der Waals surface area contributed by atoms with E-state index in [1.807, 2.05) is 6.08 Å². The number of hydrogen-bond acceptors (Lipinski definition) is 0. The zero-order valence-electron chi connectivity index (χ0n) is 6.97. The second-order valence-electron chi connectivity index (χ2n) is 2.50. The van der Waals surface area contributed by atoms with Crippen LogP contribution in [0.1, 0.15) is 39.0 Å². The number of allylic oxidation sites excluding steroid dienone is 3. The number of hydrogen-bond donors (Lipinski definition) is 0. The van der Waals surface area contributed by atoms with Crippen molar-refractivity contribution < 1.29 is 0 Å². The summed E-state index contributed by atoms with van der Waals surface area (Å²) in [6.45, 7) is 5.75. The van der Waals surface area contributed by atoms with E-state index in [-0.39, 0.29) is 0 Å². The predicted octanol–water partition coefficient (Wildman–Crippen LogP) is 3.70. The maximum absolute atomic E-state index is 3.68. The molecule has 0 aromatic heterocycles. The average Bonchev–Trinajstić information content (AvgIpc) is 1.97. The lowest BCUT2D eigenvalue weighted by Crippen LogP contribution is -1.73. The molecule has 0 N–H and O–H groups in total. The van der Waals surface area contributed by atoms with Crippen molar-refractivity contribution in [3.05, 3.63) is 24.8 Å². The van der Waals surface area contributed by atoms with E-state index in [0.717, 1.165) is 0 Å². The van der Waals surface area contributed by atoms with Crippen LogP contribution in [0.2, 0.25) is 0 Å². The highest BCUT2D eigenvalue weighted by molar-refractivity contribution is 4.76. The summed E-state index contributed by atoms with van der Waals surface area (Å²) >= 11 is 0. The largest absolute Gasteiger partial charge is 0.103 e. The maximum Gasteiger partial charge on any atom is -0.0351 e. The van der Waals surface area contributed by atoms with E-state index >= 15 is 0 Å². The fraction of sp³-hybridized carbons (Fsp3) is 0.600. The first kappa shape index (κ1) is 9.48. The predicted molar refractivity (Wildman–Crippen MR) is 48.1 cm³/mol. The summed E-state index contributed by atoms with van der Waals surface area (Å²) in [5.41, 5.74) is 0. The van der Waals surface area contributed by atoms with Gasteiger partial charge in [0, 0.05) is 0 Å². The van der Waals surface area contributed by atoms with Crippen molar-refractivity contribution in [3.63, 3.8) is 0 Å². The third kappa shape index (κ3) is 7.48. The van der Waals surface area contributed by atoms with Gasteiger partial charge in [0.15, 0.2) is 0 Å². The summed E-state index contributed by atoms with van der Waals surface area (Å²) in [4.78, 5) is 0. The Morgan fingerprint density at radius 2 is 1.80 bits per heavy atom. The van der Waals surface area contributed by atoms with Crippen molar-refractivity contribution in [2.45, 2.75) is 39.0 Å². The average molecular weight is 138 g/mol. The Kier molecular flexibility index (Phi) is 8.04. The molecule has 0 rings (SSSR count). The van der Waals surface area contributed by atoms with Crippen molar-refractivity contribution in [3.8, 4) is 0 Å². The van der Waals surface area contributed by atoms with Crippen LogP contribution in [-0.2, 0) is 0 Å². The summed E-state index contributed by atoms with van der Waals surface area (Å²) in [6, 6.07) is 0. The zero-order valence-corrected chi connectivity index (χ0v) is 6.97. The lowest BCUT2D eigenvalue weighted by atomic mass is 10.1. The van der Waals surface area contributed by atoms with Gasteiger partial charge in [0.1, 0.15) is 0 Å². The van der Waals surface area contributed by atoms with Crippen LogP contribution in [0.5, 0.6) is 0 Å². The van der Waals surface area contributed by atoms with Crippen molar-refractivity contribution >= 4 is 0 Å². The fourth-order valence-corrected chi connectivity index (χ4v) is 0.894. The van der Waals surface area contributed by atoms with E-state index < -0.39 is 0 Å². The number of rotatable bonds is 6. The third-order valence-corrected chi connectivity index (χ3v) is 1.51. The van der Waals surface area contributed by atoms with E-state index in [1.54, 1.807) is 0 Å². The van der Waals surface area contributed by atoms with Gasteiger partial charge in [0.25, 0.3) is 0 Å². The summed E-state index contributed by atoms with van der Waals surface area (Å²) < 4.78 is 0. The first-order chi connectivity index (χ1) is 4.91. The van der Waals surface area contributed by atoms with Gasteiger partial charge in [0.05, 0.1) is 0 Å². The Morgan fingerprint density at radius 1 is 1.10 bits per heavy atom. The molecule has 10 heavy (non-hydrogen) atoms. The van der Waals surface area contributed by atoms with Gasteiger partial charge in [-0.3, -0.25) is 0 Å². The highest BCUT2D eigenvalue weighted by Gasteiger charge is 1.83. The molecule has 0 bridgehead atoms. The summed E-state index contributed by atoms with van der Waals surface area (Å²) in [5, 5.41) is 0. The molecule has 0 radical (unpaired) electrons. The van der Waals surface area contributed by atoms with Gasteiger partial charge in [-0.1, -0.05) is 24.6 Å². The molecule has 0 unspecified atom stereocenters. The molecule has 0 aromatic rings. The van der Waals surface area contributed by atoms with Gasteiger partial charge < -0.3 is 0 Å². The van der Waals surface area contributed by atoms with Gasteiger partial charge >= 0.3 is 0 Å². The van der Waals surface area contributed by atoms with Gasteiger partial charge in [-0.25, -0.2) is 0 Å². The Balaban J connectivity index is 2.83. The standard InChI is InChI=1S/C10H18/c1-3-5-7-9-10-8-6-4-2/h3-4,6H,1,5,7-10H2,2H3. The fourth-order valence-electron chi connectivity index (χ4n) is 0.894. The normalized spacial score (nSPS) is 10.5. The Morgan fingerprint density at radius 3 is 2.40 bits per heavy atom. The molecule has 0 heteroatoms. The van der Waals surface area contributed by atoms with Crippen LogP contribution in [-0.4, -0.2) is 0 Å². The molecule has 0 atom stereocenters. The lowest BCUT2D eigenvalue weighted by molar-refractivity contribution is 0.696. The number of unbranched alkanes of at least 4 members (excludes halogenated alkanes) is 4. The van der Waals surface area contributed by atoms with Crippen LogP contribution < -0.4 is 0 Å². The molecule has 0 heterocycles. The van der Waals surface area contributed by atoms with Crippen molar-refractivity contribution in [1.29, 1.82) is 0 Å². The quantitative estimate of drug-likeness (QED) is 0.388. The third-order valence-electron chi connectivity index (χ3n) is 1.51. The second-order valence-corrected chi connectivity index (χ2v) is 2.50. The summed E-state index contributed by atoms with van der Waals surface area (Å²) in [7, 11) is 0. The first-order valence-corrected chi connectivity index (χ1v) is 4.14. The zero-order chi connectivity index (χ0) is 7.66. The topological polar surface area (TPSA) is 0 Å². The molecule has 0 saturated heterocycles. The molecule has 0 saturated carbocycles. The molecule has 0 aromatic carbocycles. The second kappa shape index (κ2) is 8.48. The van der Waals surface area contributed by atoms with Crippen molar-refractivity contribution in [2.75, 3.05) is 0 Å². The van der Waals surface area contributed by atoms with Gasteiger partial charge in [-0.05, 0) is 32.6 Å². The summed E-state index contributed by atoms with van der Waals surface area (Å²) in [6.07, 6.45) is 12.7. The van der Waals surface area contributed by atoms with E-state index in [1.165, 1.54) is 32.1 Å².